The number of ketones is 1. The van der Waals surface area contributed by atoms with Crippen LogP contribution in [0.2, 0.25) is 0 Å². The molecule has 1 aliphatic heterocycles. The zero-order valence-corrected chi connectivity index (χ0v) is 24.8. The molecular formula is C29H44N8O6. The van der Waals surface area contributed by atoms with Crippen molar-refractivity contribution in [3.05, 3.63) is 35.9 Å². The Morgan fingerprint density at radius 1 is 0.791 bits per heavy atom. The fraction of sp³-hybridized carbons (Fsp3) is 0.552. The Morgan fingerprint density at radius 3 is 2.00 bits per heavy atom. The number of amides is 5. The molecule has 236 valence electrons. The first-order chi connectivity index (χ1) is 20.5. The van der Waals surface area contributed by atoms with Crippen LogP contribution in [-0.2, 0) is 35.2 Å². The van der Waals surface area contributed by atoms with Crippen LogP contribution in [0.4, 0.5) is 0 Å². The Bertz CT molecular complexity index is 1150. The molecule has 14 heteroatoms. The number of guanidine groups is 1. The summed E-state index contributed by atoms with van der Waals surface area (Å²) in [5.41, 5.74) is 11.5. The molecule has 1 aromatic rings. The van der Waals surface area contributed by atoms with E-state index in [1.807, 2.05) is 13.0 Å². The maximum atomic E-state index is 13.6. The molecule has 2 rings (SSSR count). The summed E-state index contributed by atoms with van der Waals surface area (Å²) in [7, 11) is 0. The van der Waals surface area contributed by atoms with E-state index in [9.17, 15) is 28.8 Å². The molecular weight excluding hydrogens is 556 g/mol. The molecule has 0 aromatic heterocycles. The molecule has 0 unspecified atom stereocenters. The van der Waals surface area contributed by atoms with Gasteiger partial charge in [-0.05, 0) is 31.7 Å². The summed E-state index contributed by atoms with van der Waals surface area (Å²) in [5, 5.41) is 13.1. The number of unbranched alkanes of at least 4 members (excludes halogenated alkanes) is 2. The summed E-state index contributed by atoms with van der Waals surface area (Å²) in [6.45, 7) is 2.98. The van der Waals surface area contributed by atoms with E-state index in [4.69, 9.17) is 11.5 Å². The molecule has 1 aliphatic rings. The van der Waals surface area contributed by atoms with Crippen LogP contribution in [0.3, 0.4) is 0 Å². The van der Waals surface area contributed by atoms with Gasteiger partial charge in [-0.3, -0.25) is 33.8 Å². The average molecular weight is 601 g/mol. The zero-order chi connectivity index (χ0) is 31.8. The van der Waals surface area contributed by atoms with Crippen molar-refractivity contribution in [2.75, 3.05) is 13.1 Å². The van der Waals surface area contributed by atoms with E-state index in [0.717, 1.165) is 18.4 Å². The maximum Gasteiger partial charge on any atom is 0.243 e. The van der Waals surface area contributed by atoms with Crippen LogP contribution in [-0.4, -0.2) is 78.5 Å². The van der Waals surface area contributed by atoms with Gasteiger partial charge >= 0.3 is 0 Å². The van der Waals surface area contributed by atoms with E-state index in [1.54, 1.807) is 24.3 Å². The van der Waals surface area contributed by atoms with Gasteiger partial charge in [0, 0.05) is 19.4 Å². The van der Waals surface area contributed by atoms with Crippen molar-refractivity contribution in [1.29, 1.82) is 0 Å². The molecule has 5 amide bonds. The molecule has 1 fully saturated rings. The molecule has 1 aromatic carbocycles. The van der Waals surface area contributed by atoms with Crippen LogP contribution >= 0.6 is 0 Å². The van der Waals surface area contributed by atoms with Crippen molar-refractivity contribution < 1.29 is 28.8 Å². The van der Waals surface area contributed by atoms with Crippen molar-refractivity contribution in [3.8, 4) is 0 Å². The fourth-order valence-corrected chi connectivity index (χ4v) is 4.55. The molecule has 4 atom stereocenters. The summed E-state index contributed by atoms with van der Waals surface area (Å²) in [4.78, 5) is 82.0. The normalized spacial score (nSPS) is 22.0. The van der Waals surface area contributed by atoms with Gasteiger partial charge in [0.15, 0.2) is 5.96 Å². The van der Waals surface area contributed by atoms with Crippen LogP contribution in [0, 0.1) is 0 Å². The number of Topliss-reactive ketones (excluding diaryl/α,β-unsaturated/α-hetero) is 1. The minimum Gasteiger partial charge on any atom is -0.370 e. The monoisotopic (exact) mass is 600 g/mol. The van der Waals surface area contributed by atoms with E-state index in [-0.39, 0.29) is 37.6 Å². The van der Waals surface area contributed by atoms with Gasteiger partial charge in [-0.1, -0.05) is 56.5 Å². The topological polar surface area (TPSA) is 227 Å². The zero-order valence-electron chi connectivity index (χ0n) is 24.8. The van der Waals surface area contributed by atoms with Gasteiger partial charge in [0.2, 0.25) is 29.5 Å². The standard InChI is InChI=1S/C29H44N8O6/c1-3-4-6-12-21-26(41)35-20(13-9-14-32-29(30)31)25(40)33-17-24(39)34-22(15-18(2)38)27(42)37-23(28(43)36-21)16-19-10-7-5-8-11-19/h5,7-8,10-11,20-23H,3-4,6,9,12-17H2,1-2H3,(H,33,40)(H,34,39)(H,35,41)(H,36,43)(H,37,42)(H4,30,31,32)/t20-,21-,22-,23+/m0/s1. The second kappa shape index (κ2) is 18.1. The van der Waals surface area contributed by atoms with Crippen molar-refractivity contribution in [2.45, 2.75) is 89.4 Å². The first-order valence-electron chi connectivity index (χ1n) is 14.6. The molecule has 0 saturated carbocycles. The number of hydrogen-bond donors (Lipinski definition) is 7. The molecule has 0 aliphatic carbocycles. The largest absolute Gasteiger partial charge is 0.370 e. The predicted octanol–water partition coefficient (Wildman–Crippen LogP) is -1.09. The van der Waals surface area contributed by atoms with Gasteiger partial charge in [-0.25, -0.2) is 0 Å². The summed E-state index contributed by atoms with van der Waals surface area (Å²) >= 11 is 0. The van der Waals surface area contributed by atoms with Crippen LogP contribution in [0.15, 0.2) is 35.3 Å². The lowest BCUT2D eigenvalue weighted by molar-refractivity contribution is -0.134. The number of aliphatic imine (C=N–C) groups is 1. The van der Waals surface area contributed by atoms with Crippen LogP contribution < -0.4 is 38.1 Å². The third kappa shape index (κ3) is 12.9. The lowest BCUT2D eigenvalue weighted by Crippen LogP contribution is -2.58. The van der Waals surface area contributed by atoms with Gasteiger partial charge in [-0.15, -0.1) is 0 Å². The van der Waals surface area contributed by atoms with Gasteiger partial charge in [0.1, 0.15) is 30.0 Å². The number of nitrogens with two attached hydrogens (primary N) is 2. The van der Waals surface area contributed by atoms with Crippen molar-refractivity contribution in [1.82, 2.24) is 26.6 Å². The number of carbonyl (C=O) groups excluding carboxylic acids is 6. The maximum absolute atomic E-state index is 13.6. The number of hydrogen-bond acceptors (Lipinski definition) is 7. The summed E-state index contributed by atoms with van der Waals surface area (Å²) in [6.07, 6.45) is 2.88. The molecule has 1 heterocycles. The van der Waals surface area contributed by atoms with Crippen LogP contribution in [0.1, 0.15) is 64.4 Å². The number of nitrogens with one attached hydrogen (secondary N) is 5. The van der Waals surface area contributed by atoms with Crippen LogP contribution in [0.25, 0.3) is 0 Å². The Kier molecular flexibility index (Phi) is 14.6. The quantitative estimate of drug-likeness (QED) is 0.0884. The van der Waals surface area contributed by atoms with E-state index < -0.39 is 60.2 Å². The third-order valence-corrected chi connectivity index (χ3v) is 6.79. The number of nitrogens with zero attached hydrogens (tertiary/aromatic N) is 1. The average Bonchev–Trinajstić information content (AvgIpc) is 2.95. The van der Waals surface area contributed by atoms with Gasteiger partial charge < -0.3 is 38.1 Å². The number of rotatable bonds is 12. The minimum absolute atomic E-state index is 0.0932. The predicted molar refractivity (Wildman–Crippen MR) is 160 cm³/mol. The first-order valence-corrected chi connectivity index (χ1v) is 14.6. The Hall–Kier alpha value is -4.49. The number of benzene rings is 1. The fourth-order valence-electron chi connectivity index (χ4n) is 4.55. The van der Waals surface area contributed by atoms with E-state index >= 15 is 0 Å². The second-order valence-corrected chi connectivity index (χ2v) is 10.6. The van der Waals surface area contributed by atoms with E-state index in [1.165, 1.54) is 6.92 Å². The molecule has 0 radical (unpaired) electrons. The smallest absolute Gasteiger partial charge is 0.243 e. The summed E-state index contributed by atoms with van der Waals surface area (Å²) in [6, 6.07) is 4.51. The molecule has 43 heavy (non-hydrogen) atoms. The Labute approximate surface area is 251 Å². The van der Waals surface area contributed by atoms with Gasteiger partial charge in [0.05, 0.1) is 6.54 Å². The van der Waals surface area contributed by atoms with Crippen molar-refractivity contribution in [3.63, 3.8) is 0 Å². The highest BCUT2D eigenvalue weighted by Crippen LogP contribution is 2.10. The summed E-state index contributed by atoms with van der Waals surface area (Å²) in [5.74, 6) is -3.79. The van der Waals surface area contributed by atoms with Crippen molar-refractivity contribution >= 4 is 41.3 Å². The van der Waals surface area contributed by atoms with E-state index in [0.29, 0.717) is 19.3 Å². The molecule has 1 saturated heterocycles. The third-order valence-electron chi connectivity index (χ3n) is 6.79. The minimum atomic E-state index is -1.28. The first kappa shape index (κ1) is 34.7. The Balaban J connectivity index is 2.44. The molecule has 14 nitrogen and oxygen atoms in total. The molecule has 0 bridgehead atoms. The highest BCUT2D eigenvalue weighted by atomic mass is 16.2. The Morgan fingerprint density at radius 2 is 1.37 bits per heavy atom. The summed E-state index contributed by atoms with van der Waals surface area (Å²) < 4.78 is 0. The van der Waals surface area contributed by atoms with Crippen LogP contribution in [0.5, 0.6) is 0 Å². The van der Waals surface area contributed by atoms with E-state index in [2.05, 4.69) is 31.6 Å². The number of carbonyl (C=O) groups is 6. The molecule has 9 N–H and O–H groups in total. The lowest BCUT2D eigenvalue weighted by atomic mass is 10.0. The second-order valence-electron chi connectivity index (χ2n) is 10.6. The highest BCUT2D eigenvalue weighted by molar-refractivity contribution is 5.98. The highest BCUT2D eigenvalue weighted by Gasteiger charge is 2.32. The van der Waals surface area contributed by atoms with Crippen molar-refractivity contribution in [2.24, 2.45) is 16.5 Å². The van der Waals surface area contributed by atoms with Gasteiger partial charge in [-0.2, -0.15) is 0 Å². The molecule has 0 spiro atoms. The lowest BCUT2D eigenvalue weighted by Gasteiger charge is -2.26. The van der Waals surface area contributed by atoms with Gasteiger partial charge in [0.25, 0.3) is 0 Å². The SMILES string of the molecule is CCCCC[C@@H]1NC(=O)[C@@H](Cc2ccccc2)NC(=O)[C@H](CC(C)=O)NC(=O)CNC(=O)[C@H](CCCN=C(N)N)NC1=O.